The van der Waals surface area contributed by atoms with Crippen molar-refractivity contribution >= 4 is 10.1 Å². The van der Waals surface area contributed by atoms with E-state index in [-0.39, 0.29) is 18.5 Å². The fraction of sp³-hybridized carbons (Fsp3) is 0.400. The average molecular weight is 228 g/mol. The van der Waals surface area contributed by atoms with Gasteiger partial charge in [-0.1, -0.05) is 18.2 Å². The van der Waals surface area contributed by atoms with Gasteiger partial charge in [-0.2, -0.15) is 8.42 Å². The molecule has 1 unspecified atom stereocenters. The molecule has 0 N–H and O–H groups in total. The number of para-hydroxylation sites is 1. The Bertz CT molecular complexity index is 412. The normalized spacial score (nSPS) is 23.9. The van der Waals surface area contributed by atoms with Gasteiger partial charge in [0.05, 0.1) is 5.75 Å². The van der Waals surface area contributed by atoms with Gasteiger partial charge in [-0.15, -0.1) is 0 Å². The molecule has 0 saturated carbocycles. The van der Waals surface area contributed by atoms with E-state index in [1.807, 2.05) is 30.3 Å². The van der Waals surface area contributed by atoms with Crippen LogP contribution in [0.2, 0.25) is 0 Å². The van der Waals surface area contributed by atoms with E-state index in [2.05, 4.69) is 0 Å². The van der Waals surface area contributed by atoms with Gasteiger partial charge in [0.1, 0.15) is 18.5 Å². The van der Waals surface area contributed by atoms with Gasteiger partial charge in [0.25, 0.3) is 10.1 Å². The Hall–Kier alpha value is -1.07. The molecule has 2 rings (SSSR count). The van der Waals surface area contributed by atoms with Crippen LogP contribution in [0, 0.1) is 0 Å². The molecule has 15 heavy (non-hydrogen) atoms. The minimum Gasteiger partial charge on any atom is -0.491 e. The molecule has 0 aliphatic carbocycles. The van der Waals surface area contributed by atoms with E-state index in [0.717, 1.165) is 5.75 Å². The van der Waals surface area contributed by atoms with Gasteiger partial charge in [0.2, 0.25) is 0 Å². The van der Waals surface area contributed by atoms with Crippen LogP contribution < -0.4 is 4.74 Å². The van der Waals surface area contributed by atoms with Crippen molar-refractivity contribution < 1.29 is 17.3 Å². The van der Waals surface area contributed by atoms with Gasteiger partial charge in [-0.3, -0.25) is 4.18 Å². The summed E-state index contributed by atoms with van der Waals surface area (Å²) in [5.41, 5.74) is 0. The Morgan fingerprint density at radius 1 is 1.33 bits per heavy atom. The highest BCUT2D eigenvalue weighted by atomic mass is 32.2. The van der Waals surface area contributed by atoms with E-state index >= 15 is 0 Å². The van der Waals surface area contributed by atoms with Crippen LogP contribution in [0.5, 0.6) is 5.75 Å². The maximum atomic E-state index is 11.0. The maximum absolute atomic E-state index is 11.0. The van der Waals surface area contributed by atoms with Crippen LogP contribution in [0.15, 0.2) is 30.3 Å². The zero-order valence-corrected chi connectivity index (χ0v) is 8.94. The van der Waals surface area contributed by atoms with Crippen LogP contribution >= 0.6 is 0 Å². The minimum atomic E-state index is -3.28. The lowest BCUT2D eigenvalue weighted by molar-refractivity contribution is 0.151. The second-order valence-corrected chi connectivity index (χ2v) is 5.11. The summed E-state index contributed by atoms with van der Waals surface area (Å²) in [6, 6.07) is 9.26. The van der Waals surface area contributed by atoms with Crippen molar-refractivity contribution in [2.75, 3.05) is 12.4 Å². The number of hydrogen-bond donors (Lipinski definition) is 0. The Kier molecular flexibility index (Phi) is 2.93. The lowest BCUT2D eigenvalue weighted by atomic mass is 10.3. The van der Waals surface area contributed by atoms with Crippen LogP contribution in [0.1, 0.15) is 6.42 Å². The van der Waals surface area contributed by atoms with Crippen LogP contribution in [0.25, 0.3) is 0 Å². The summed E-state index contributed by atoms with van der Waals surface area (Å²) in [6.07, 6.45) is 0.171. The fourth-order valence-corrected chi connectivity index (χ4v) is 2.61. The molecule has 1 aromatic rings. The topological polar surface area (TPSA) is 52.6 Å². The zero-order valence-electron chi connectivity index (χ0n) is 8.13. The molecule has 82 valence electrons. The molecular formula is C10H12O4S. The largest absolute Gasteiger partial charge is 0.491 e. The summed E-state index contributed by atoms with van der Waals surface area (Å²) in [4.78, 5) is 0. The van der Waals surface area contributed by atoms with Crippen LogP contribution in [0.3, 0.4) is 0 Å². The van der Waals surface area contributed by atoms with Crippen LogP contribution in [-0.4, -0.2) is 26.9 Å². The molecule has 0 bridgehead atoms. The standard InChI is InChI=1S/C10H12O4S/c11-15(12)7-6-10(14-15)8-13-9-4-2-1-3-5-9/h1-5,10H,6-8H2. The van der Waals surface area contributed by atoms with Crippen LogP contribution in [-0.2, 0) is 14.3 Å². The van der Waals surface area contributed by atoms with Gasteiger partial charge in [-0.25, -0.2) is 0 Å². The zero-order chi connectivity index (χ0) is 10.7. The first-order chi connectivity index (χ1) is 7.16. The lowest BCUT2D eigenvalue weighted by Gasteiger charge is -2.09. The molecule has 1 aliphatic rings. The van der Waals surface area contributed by atoms with Crippen LogP contribution in [0.4, 0.5) is 0 Å². The first kappa shape index (κ1) is 10.4. The molecule has 1 aromatic carbocycles. The number of benzene rings is 1. The first-order valence-electron chi connectivity index (χ1n) is 4.74. The minimum absolute atomic E-state index is 0.0931. The van der Waals surface area contributed by atoms with Gasteiger partial charge in [-0.05, 0) is 18.6 Å². The van der Waals surface area contributed by atoms with E-state index in [9.17, 15) is 8.42 Å². The highest BCUT2D eigenvalue weighted by molar-refractivity contribution is 7.86. The third kappa shape index (κ3) is 2.94. The summed E-state index contributed by atoms with van der Waals surface area (Å²) in [7, 11) is -3.28. The molecular weight excluding hydrogens is 216 g/mol. The van der Waals surface area contributed by atoms with Crippen molar-refractivity contribution in [1.29, 1.82) is 0 Å². The predicted octanol–water partition coefficient (Wildman–Crippen LogP) is 1.18. The third-order valence-corrected chi connectivity index (χ3v) is 3.45. The first-order valence-corrected chi connectivity index (χ1v) is 6.32. The number of hydrogen-bond acceptors (Lipinski definition) is 4. The smallest absolute Gasteiger partial charge is 0.267 e. The second kappa shape index (κ2) is 4.20. The van der Waals surface area contributed by atoms with Crippen molar-refractivity contribution in [1.82, 2.24) is 0 Å². The molecule has 0 spiro atoms. The van der Waals surface area contributed by atoms with Crippen molar-refractivity contribution in [2.45, 2.75) is 12.5 Å². The average Bonchev–Trinajstić information content (AvgIpc) is 2.57. The summed E-state index contributed by atoms with van der Waals surface area (Å²) in [5.74, 6) is 0.820. The summed E-state index contributed by atoms with van der Waals surface area (Å²) in [6.45, 7) is 0.281. The van der Waals surface area contributed by atoms with Gasteiger partial charge in [0, 0.05) is 0 Å². The summed E-state index contributed by atoms with van der Waals surface area (Å²) < 4.78 is 32.2. The molecule has 0 amide bonds. The van der Waals surface area contributed by atoms with Crippen molar-refractivity contribution in [3.8, 4) is 5.75 Å². The SMILES string of the molecule is O=S1(=O)CCC(COc2ccccc2)O1. The highest BCUT2D eigenvalue weighted by Crippen LogP contribution is 2.17. The quantitative estimate of drug-likeness (QED) is 0.729. The molecule has 0 radical (unpaired) electrons. The maximum Gasteiger partial charge on any atom is 0.267 e. The lowest BCUT2D eigenvalue weighted by Crippen LogP contribution is -2.17. The molecule has 1 fully saturated rings. The Morgan fingerprint density at radius 2 is 2.07 bits per heavy atom. The fourth-order valence-electron chi connectivity index (χ4n) is 1.40. The monoisotopic (exact) mass is 228 g/mol. The second-order valence-electron chi connectivity index (χ2n) is 3.39. The Balaban J connectivity index is 1.85. The van der Waals surface area contributed by atoms with E-state index in [1.165, 1.54) is 0 Å². The third-order valence-electron chi connectivity index (χ3n) is 2.15. The van der Waals surface area contributed by atoms with E-state index in [4.69, 9.17) is 8.92 Å². The summed E-state index contributed by atoms with van der Waals surface area (Å²) in [5, 5.41) is 0. The molecule has 1 saturated heterocycles. The van der Waals surface area contributed by atoms with Crippen molar-refractivity contribution in [2.24, 2.45) is 0 Å². The molecule has 1 aliphatic heterocycles. The van der Waals surface area contributed by atoms with Gasteiger partial charge < -0.3 is 4.74 Å². The van der Waals surface area contributed by atoms with E-state index in [0.29, 0.717) is 6.42 Å². The number of ether oxygens (including phenoxy) is 1. The highest BCUT2D eigenvalue weighted by Gasteiger charge is 2.29. The van der Waals surface area contributed by atoms with Gasteiger partial charge in [0.15, 0.2) is 0 Å². The van der Waals surface area contributed by atoms with Crippen molar-refractivity contribution in [3.05, 3.63) is 30.3 Å². The molecule has 1 heterocycles. The number of rotatable bonds is 3. The predicted molar refractivity (Wildman–Crippen MR) is 55.2 cm³/mol. The molecule has 4 nitrogen and oxygen atoms in total. The van der Waals surface area contributed by atoms with E-state index in [1.54, 1.807) is 0 Å². The van der Waals surface area contributed by atoms with Gasteiger partial charge >= 0.3 is 0 Å². The molecule has 5 heteroatoms. The van der Waals surface area contributed by atoms with Crippen molar-refractivity contribution in [3.63, 3.8) is 0 Å². The summed E-state index contributed by atoms with van der Waals surface area (Å²) >= 11 is 0. The van der Waals surface area contributed by atoms with E-state index < -0.39 is 10.1 Å². The molecule has 1 atom stereocenters. The molecule has 0 aromatic heterocycles. The Labute approximate surface area is 88.9 Å². The Morgan fingerprint density at radius 3 is 2.67 bits per heavy atom.